The molecule has 0 spiro atoms. The number of hydrogen-bond acceptors (Lipinski definition) is 0. The molecule has 146 valence electrons. The van der Waals surface area contributed by atoms with Crippen molar-refractivity contribution in [2.24, 2.45) is 0 Å². The first-order valence-corrected chi connectivity index (χ1v) is 15.0. The summed E-state index contributed by atoms with van der Waals surface area (Å²) < 4.78 is 59.2. The van der Waals surface area contributed by atoms with Gasteiger partial charge in [0.05, 0.1) is 22.9 Å². The Bertz CT molecular complexity index is 367. The number of rotatable bonds is 3. The SMILES string of the molecule is Br[P+](C1CCCC1)(C1CCCC1)C1CCCC1.F[P-](F)(F)(F)(F)F. The van der Waals surface area contributed by atoms with Crippen LogP contribution in [0.15, 0.2) is 0 Å². The molecule has 0 nitrogen and oxygen atoms in total. The van der Waals surface area contributed by atoms with Crippen molar-refractivity contribution in [1.29, 1.82) is 0 Å². The third-order valence-electron chi connectivity index (χ3n) is 5.65. The molecule has 0 unspecified atom stereocenters. The van der Waals surface area contributed by atoms with Crippen LogP contribution in [-0.2, 0) is 0 Å². The summed E-state index contributed by atoms with van der Waals surface area (Å²) >= 11 is 4.48. The fourth-order valence-electron chi connectivity index (χ4n) is 4.79. The fraction of sp³-hybridized carbons (Fsp3) is 1.00. The van der Waals surface area contributed by atoms with Crippen LogP contribution in [0.25, 0.3) is 0 Å². The summed E-state index contributed by atoms with van der Waals surface area (Å²) in [6, 6.07) is 0. The van der Waals surface area contributed by atoms with Gasteiger partial charge in [0, 0.05) is 0 Å². The topological polar surface area (TPSA) is 0 Å². The summed E-state index contributed by atoms with van der Waals surface area (Å²) in [6.07, 6.45) is 18.5. The zero-order chi connectivity index (χ0) is 18.1. The second-order valence-electron chi connectivity index (χ2n) is 7.51. The van der Waals surface area contributed by atoms with Crippen molar-refractivity contribution in [3.8, 4) is 0 Å². The molecule has 24 heavy (non-hydrogen) atoms. The molecule has 0 amide bonds. The molecule has 0 aromatic heterocycles. The molecule has 0 aromatic rings. The third-order valence-corrected chi connectivity index (χ3v) is 15.8. The van der Waals surface area contributed by atoms with E-state index >= 15 is 0 Å². The molecule has 0 radical (unpaired) electrons. The van der Waals surface area contributed by atoms with Crippen molar-refractivity contribution >= 4 is 29.3 Å². The fourth-order valence-corrected chi connectivity index (χ4v) is 13.7. The maximum absolute atomic E-state index is 10.7. The van der Waals surface area contributed by atoms with Gasteiger partial charge >= 0.3 is 33.0 Å². The minimum atomic E-state index is -10.7. The van der Waals surface area contributed by atoms with Crippen LogP contribution in [0.5, 0.6) is 0 Å². The molecule has 0 N–H and O–H groups in total. The van der Waals surface area contributed by atoms with E-state index in [1.165, 1.54) is 38.5 Å². The van der Waals surface area contributed by atoms with E-state index in [1.54, 1.807) is 38.5 Å². The van der Waals surface area contributed by atoms with E-state index in [0.717, 1.165) is 17.0 Å². The summed E-state index contributed by atoms with van der Waals surface area (Å²) in [7, 11) is -10.7. The molecule has 9 heteroatoms. The Kier molecular flexibility index (Phi) is 6.03. The van der Waals surface area contributed by atoms with Gasteiger partial charge in [-0.1, -0.05) is 0 Å². The Labute approximate surface area is 148 Å². The normalized spacial score (nSPS) is 27.6. The van der Waals surface area contributed by atoms with Crippen molar-refractivity contribution < 1.29 is 25.2 Å². The Morgan fingerprint density at radius 2 is 0.708 bits per heavy atom. The van der Waals surface area contributed by atoms with E-state index < -0.39 is 13.8 Å². The van der Waals surface area contributed by atoms with Crippen LogP contribution in [0.1, 0.15) is 77.0 Å². The average Bonchev–Trinajstić information content (AvgIpc) is 3.16. The molecular formula is C15H27BrF6P2. The van der Waals surface area contributed by atoms with Crippen molar-refractivity contribution in [3.63, 3.8) is 0 Å². The second kappa shape index (κ2) is 6.82. The molecule has 0 heterocycles. The van der Waals surface area contributed by atoms with Gasteiger partial charge in [0.15, 0.2) is 0 Å². The maximum atomic E-state index is 9.87. The Morgan fingerprint density at radius 1 is 0.542 bits per heavy atom. The van der Waals surface area contributed by atoms with E-state index in [0.29, 0.717) is 0 Å². The number of hydrogen-bond donors (Lipinski definition) is 0. The van der Waals surface area contributed by atoms with Crippen molar-refractivity contribution in [2.45, 2.75) is 94.0 Å². The molecular weight excluding hydrogens is 436 g/mol. The first-order valence-electron chi connectivity index (χ1n) is 8.91. The Morgan fingerprint density at radius 3 is 0.875 bits per heavy atom. The minimum absolute atomic E-state index is 0.800. The molecule has 3 aliphatic carbocycles. The van der Waals surface area contributed by atoms with Crippen LogP contribution in [0, 0.1) is 0 Å². The van der Waals surface area contributed by atoms with Crippen LogP contribution < -0.4 is 0 Å². The van der Waals surface area contributed by atoms with Crippen LogP contribution in [0.4, 0.5) is 25.2 Å². The van der Waals surface area contributed by atoms with Gasteiger partial charge in [-0.05, 0) is 77.0 Å². The van der Waals surface area contributed by atoms with Gasteiger partial charge in [-0.2, -0.15) is 0 Å². The second-order valence-corrected chi connectivity index (χ2v) is 16.8. The molecule has 3 aliphatic rings. The van der Waals surface area contributed by atoms with Crippen LogP contribution in [0.2, 0.25) is 0 Å². The number of halogens is 7. The van der Waals surface area contributed by atoms with Gasteiger partial charge < -0.3 is 0 Å². The van der Waals surface area contributed by atoms with Crippen molar-refractivity contribution in [1.82, 2.24) is 0 Å². The summed E-state index contributed by atoms with van der Waals surface area (Å²) in [5.74, 6) is -0.800. The third kappa shape index (κ3) is 6.91. The first kappa shape index (κ1) is 21.2. The molecule has 0 saturated heterocycles. The zero-order valence-electron chi connectivity index (χ0n) is 13.8. The van der Waals surface area contributed by atoms with E-state index in [9.17, 15) is 25.2 Å². The van der Waals surface area contributed by atoms with Crippen LogP contribution in [-0.4, -0.2) is 17.0 Å². The summed E-state index contributed by atoms with van der Waals surface area (Å²) in [5, 5.41) is 0. The van der Waals surface area contributed by atoms with Gasteiger partial charge in [0.2, 0.25) is 0 Å². The monoisotopic (exact) mass is 462 g/mol. The van der Waals surface area contributed by atoms with Gasteiger partial charge in [-0.15, -0.1) is 0 Å². The van der Waals surface area contributed by atoms with Crippen molar-refractivity contribution in [3.05, 3.63) is 0 Å². The molecule has 3 saturated carbocycles. The molecule has 3 fully saturated rings. The summed E-state index contributed by atoms with van der Waals surface area (Å²) in [6.45, 7) is 0. The molecule has 0 aromatic carbocycles. The van der Waals surface area contributed by atoms with Gasteiger partial charge in [0.1, 0.15) is 15.5 Å². The van der Waals surface area contributed by atoms with Crippen LogP contribution >= 0.6 is 29.3 Å². The Hall–Kier alpha value is 0.920. The zero-order valence-corrected chi connectivity index (χ0v) is 17.1. The molecule has 0 bridgehead atoms. The predicted molar refractivity (Wildman–Crippen MR) is 96.2 cm³/mol. The van der Waals surface area contributed by atoms with E-state index in [4.69, 9.17) is 0 Å². The van der Waals surface area contributed by atoms with E-state index in [-0.39, 0.29) is 0 Å². The Balaban J connectivity index is 0.000000256. The van der Waals surface area contributed by atoms with Gasteiger partial charge in [-0.25, -0.2) is 0 Å². The molecule has 0 aliphatic heterocycles. The van der Waals surface area contributed by atoms with Crippen molar-refractivity contribution in [2.75, 3.05) is 0 Å². The van der Waals surface area contributed by atoms with E-state index in [2.05, 4.69) is 15.5 Å². The summed E-state index contributed by atoms with van der Waals surface area (Å²) in [5.41, 5.74) is 3.36. The first-order chi connectivity index (χ1) is 10.8. The molecule has 0 atom stereocenters. The van der Waals surface area contributed by atoms with Crippen LogP contribution in [0.3, 0.4) is 0 Å². The van der Waals surface area contributed by atoms with Gasteiger partial charge in [0.25, 0.3) is 0 Å². The van der Waals surface area contributed by atoms with E-state index in [1.807, 2.05) is 0 Å². The standard InChI is InChI=1S/C15H27BrP.F6P/c16-17(13-7-1-2-8-13,14-9-3-4-10-14)15-11-5-6-12-15;1-7(2,3,4,5)6/h13-15H,1-12H2;/q+1;-1. The summed E-state index contributed by atoms with van der Waals surface area (Å²) in [4.78, 5) is 0. The van der Waals surface area contributed by atoms with Gasteiger partial charge in [-0.3, -0.25) is 0 Å². The average molecular weight is 463 g/mol. The predicted octanol–water partition coefficient (Wildman–Crippen LogP) is 9.52. The quantitative estimate of drug-likeness (QED) is 0.289. The molecule has 3 rings (SSSR count).